The summed E-state index contributed by atoms with van der Waals surface area (Å²) in [6.07, 6.45) is 0.198. The first kappa shape index (κ1) is 18.7. The second-order valence-corrected chi connectivity index (χ2v) is 7.74. The van der Waals surface area contributed by atoms with Gasteiger partial charge >= 0.3 is 5.97 Å². The van der Waals surface area contributed by atoms with Crippen molar-refractivity contribution in [2.75, 3.05) is 12.9 Å². The van der Waals surface area contributed by atoms with Crippen molar-refractivity contribution < 1.29 is 22.7 Å². The zero-order valence-corrected chi connectivity index (χ0v) is 14.6. The van der Waals surface area contributed by atoms with Crippen molar-refractivity contribution in [3.8, 4) is 0 Å². The van der Waals surface area contributed by atoms with Gasteiger partial charge in [-0.3, -0.25) is 4.79 Å². The third kappa shape index (κ3) is 5.15. The summed E-state index contributed by atoms with van der Waals surface area (Å²) in [6.45, 7) is 0. The summed E-state index contributed by atoms with van der Waals surface area (Å²) in [6, 6.07) is 13.0. The zero-order chi connectivity index (χ0) is 18.4. The molecule has 132 valence electrons. The van der Waals surface area contributed by atoms with Crippen LogP contribution in [0.4, 0.5) is 0 Å². The SMILES string of the molecule is COC(=O)c1ccccc1CCS(=O)(=O)Cc1cccc(C(N)=O)c1. The molecule has 0 unspecified atom stereocenters. The normalized spacial score (nSPS) is 11.1. The molecule has 2 aromatic rings. The summed E-state index contributed by atoms with van der Waals surface area (Å²) >= 11 is 0. The largest absolute Gasteiger partial charge is 0.465 e. The lowest BCUT2D eigenvalue weighted by molar-refractivity contribution is 0.0599. The number of esters is 1. The van der Waals surface area contributed by atoms with Crippen molar-refractivity contribution in [1.82, 2.24) is 0 Å². The van der Waals surface area contributed by atoms with Crippen molar-refractivity contribution in [2.24, 2.45) is 5.73 Å². The average molecular weight is 361 g/mol. The van der Waals surface area contributed by atoms with E-state index in [1.54, 1.807) is 36.4 Å². The van der Waals surface area contributed by atoms with Crippen LogP contribution in [0.15, 0.2) is 48.5 Å². The molecule has 2 aromatic carbocycles. The molecule has 2 rings (SSSR count). The van der Waals surface area contributed by atoms with E-state index in [-0.39, 0.29) is 23.5 Å². The van der Waals surface area contributed by atoms with Crippen LogP contribution in [-0.2, 0) is 26.7 Å². The second-order valence-electron chi connectivity index (χ2n) is 5.56. The molecule has 1 amide bonds. The number of hydrogen-bond acceptors (Lipinski definition) is 5. The molecule has 25 heavy (non-hydrogen) atoms. The molecule has 0 radical (unpaired) electrons. The van der Waals surface area contributed by atoms with Gasteiger partial charge in [-0.05, 0) is 35.7 Å². The van der Waals surface area contributed by atoms with E-state index in [4.69, 9.17) is 10.5 Å². The highest BCUT2D eigenvalue weighted by Gasteiger charge is 2.16. The summed E-state index contributed by atoms with van der Waals surface area (Å²) < 4.78 is 29.5. The molecular formula is C18H19NO5S. The Hall–Kier alpha value is -2.67. The Morgan fingerprint density at radius 2 is 1.80 bits per heavy atom. The maximum atomic E-state index is 12.4. The number of primary amides is 1. The van der Waals surface area contributed by atoms with Gasteiger partial charge in [0.2, 0.25) is 5.91 Å². The van der Waals surface area contributed by atoms with Crippen LogP contribution in [0.1, 0.15) is 31.8 Å². The first-order chi connectivity index (χ1) is 11.8. The van der Waals surface area contributed by atoms with Gasteiger partial charge in [0.15, 0.2) is 9.84 Å². The van der Waals surface area contributed by atoms with E-state index in [0.717, 1.165) is 0 Å². The van der Waals surface area contributed by atoms with E-state index < -0.39 is 21.7 Å². The minimum atomic E-state index is -3.43. The molecule has 6 nitrogen and oxygen atoms in total. The molecule has 0 bridgehead atoms. The van der Waals surface area contributed by atoms with E-state index in [9.17, 15) is 18.0 Å². The molecule has 0 atom stereocenters. The number of nitrogens with two attached hydrogens (primary N) is 1. The Morgan fingerprint density at radius 3 is 2.48 bits per heavy atom. The summed E-state index contributed by atoms with van der Waals surface area (Å²) in [7, 11) is -2.15. The fraction of sp³-hybridized carbons (Fsp3) is 0.222. The summed E-state index contributed by atoms with van der Waals surface area (Å²) in [5.74, 6) is -1.43. The highest BCUT2D eigenvalue weighted by atomic mass is 32.2. The van der Waals surface area contributed by atoms with Crippen LogP contribution in [0.25, 0.3) is 0 Å². The lowest BCUT2D eigenvalue weighted by atomic mass is 10.1. The van der Waals surface area contributed by atoms with Crippen LogP contribution in [-0.4, -0.2) is 33.2 Å². The van der Waals surface area contributed by atoms with Gasteiger partial charge < -0.3 is 10.5 Å². The number of carbonyl (C=O) groups is 2. The maximum Gasteiger partial charge on any atom is 0.338 e. The zero-order valence-electron chi connectivity index (χ0n) is 13.8. The number of carbonyl (C=O) groups excluding carboxylic acids is 2. The van der Waals surface area contributed by atoms with E-state index in [0.29, 0.717) is 16.7 Å². The Balaban J connectivity index is 2.11. The molecule has 0 aliphatic rings. The molecule has 0 saturated carbocycles. The van der Waals surface area contributed by atoms with Crippen molar-refractivity contribution in [1.29, 1.82) is 0 Å². The molecule has 0 aliphatic carbocycles. The third-order valence-electron chi connectivity index (χ3n) is 3.70. The van der Waals surface area contributed by atoms with Crippen LogP contribution >= 0.6 is 0 Å². The number of rotatable bonds is 7. The van der Waals surface area contributed by atoms with Gasteiger partial charge in [0, 0.05) is 5.56 Å². The standard InChI is InChI=1S/C18H19NO5S/c1-24-18(21)16-8-3-2-6-14(16)9-10-25(22,23)12-13-5-4-7-15(11-13)17(19)20/h2-8,11H,9-10,12H2,1H3,(H2,19,20). The van der Waals surface area contributed by atoms with E-state index in [2.05, 4.69) is 0 Å². The topological polar surface area (TPSA) is 104 Å². The number of sulfone groups is 1. The van der Waals surface area contributed by atoms with Crippen LogP contribution in [0.2, 0.25) is 0 Å². The van der Waals surface area contributed by atoms with Crippen molar-refractivity contribution >= 4 is 21.7 Å². The highest BCUT2D eigenvalue weighted by molar-refractivity contribution is 7.90. The van der Waals surface area contributed by atoms with Crippen molar-refractivity contribution in [3.63, 3.8) is 0 Å². The number of hydrogen-bond donors (Lipinski definition) is 1. The fourth-order valence-corrected chi connectivity index (χ4v) is 3.82. The number of ether oxygens (including phenoxy) is 1. The van der Waals surface area contributed by atoms with Crippen LogP contribution < -0.4 is 5.73 Å². The van der Waals surface area contributed by atoms with Gasteiger partial charge in [-0.25, -0.2) is 13.2 Å². The molecule has 0 fully saturated rings. The molecule has 0 heterocycles. The lowest BCUT2D eigenvalue weighted by Crippen LogP contribution is -2.15. The molecule has 7 heteroatoms. The number of methoxy groups -OCH3 is 1. The molecule has 0 saturated heterocycles. The second kappa shape index (κ2) is 7.94. The van der Waals surface area contributed by atoms with Crippen LogP contribution in [0.5, 0.6) is 0 Å². The fourth-order valence-electron chi connectivity index (χ4n) is 2.45. The van der Waals surface area contributed by atoms with E-state index >= 15 is 0 Å². The van der Waals surface area contributed by atoms with Crippen molar-refractivity contribution in [2.45, 2.75) is 12.2 Å². The minimum Gasteiger partial charge on any atom is -0.465 e. The van der Waals surface area contributed by atoms with Gasteiger partial charge in [-0.15, -0.1) is 0 Å². The van der Waals surface area contributed by atoms with Crippen LogP contribution in [0.3, 0.4) is 0 Å². The molecule has 0 aromatic heterocycles. The minimum absolute atomic E-state index is 0.123. The molecular weight excluding hydrogens is 342 g/mol. The third-order valence-corrected chi connectivity index (χ3v) is 5.30. The summed E-state index contributed by atoms with van der Waals surface area (Å²) in [5.41, 5.74) is 6.94. The monoisotopic (exact) mass is 361 g/mol. The van der Waals surface area contributed by atoms with E-state index in [1.165, 1.54) is 19.2 Å². The predicted octanol–water partition coefficient (Wildman–Crippen LogP) is 1.73. The van der Waals surface area contributed by atoms with Gasteiger partial charge in [0.05, 0.1) is 24.2 Å². The number of benzene rings is 2. The molecule has 0 spiro atoms. The summed E-state index contributed by atoms with van der Waals surface area (Å²) in [5, 5.41) is 0. The van der Waals surface area contributed by atoms with Gasteiger partial charge in [-0.2, -0.15) is 0 Å². The predicted molar refractivity (Wildman–Crippen MR) is 93.9 cm³/mol. The smallest absolute Gasteiger partial charge is 0.338 e. The molecule has 0 aliphatic heterocycles. The number of aryl methyl sites for hydroxylation is 1. The Kier molecular flexibility index (Phi) is 5.93. The summed E-state index contributed by atoms with van der Waals surface area (Å²) in [4.78, 5) is 22.9. The Bertz CT molecular complexity index is 890. The highest BCUT2D eigenvalue weighted by Crippen LogP contribution is 2.14. The first-order valence-corrected chi connectivity index (χ1v) is 9.40. The quantitative estimate of drug-likeness (QED) is 0.757. The first-order valence-electron chi connectivity index (χ1n) is 7.58. The van der Waals surface area contributed by atoms with E-state index in [1.807, 2.05) is 0 Å². The maximum absolute atomic E-state index is 12.4. The Labute approximate surface area is 146 Å². The molecule has 2 N–H and O–H groups in total. The van der Waals surface area contributed by atoms with Crippen LogP contribution in [0, 0.1) is 0 Å². The van der Waals surface area contributed by atoms with Gasteiger partial charge in [0.1, 0.15) is 0 Å². The Morgan fingerprint density at radius 1 is 1.08 bits per heavy atom. The van der Waals surface area contributed by atoms with Gasteiger partial charge in [0.25, 0.3) is 0 Å². The van der Waals surface area contributed by atoms with Crippen molar-refractivity contribution in [3.05, 3.63) is 70.8 Å². The number of amides is 1. The lowest BCUT2D eigenvalue weighted by Gasteiger charge is -2.09. The average Bonchev–Trinajstić information content (AvgIpc) is 2.59. The van der Waals surface area contributed by atoms with Gasteiger partial charge in [-0.1, -0.05) is 30.3 Å².